The van der Waals surface area contributed by atoms with E-state index >= 15 is 0 Å². The molecule has 1 amide bonds. The van der Waals surface area contributed by atoms with Crippen LogP contribution in [0.1, 0.15) is 10.4 Å². The monoisotopic (exact) mass is 149 g/mol. The number of para-hydroxylation sites is 1. The van der Waals surface area contributed by atoms with Gasteiger partial charge >= 0.3 is 0 Å². The number of nitrogens with one attached hydrogen (secondary N) is 1. The molecule has 0 saturated heterocycles. The molecule has 0 aromatic heterocycles. The van der Waals surface area contributed by atoms with E-state index in [1.54, 1.807) is 24.3 Å². The molecular weight excluding hydrogens is 144 g/mol. The Morgan fingerprint density at radius 1 is 1.27 bits per heavy atom. The fourth-order valence-corrected chi connectivity index (χ4v) is 1.09. The van der Waals surface area contributed by atoms with Crippen molar-refractivity contribution in [3.63, 3.8) is 0 Å². The van der Waals surface area contributed by atoms with Crippen LogP contribution in [0.2, 0.25) is 0 Å². The molecule has 0 bridgehead atoms. The zero-order chi connectivity index (χ0) is 7.84. The molecule has 3 heteroatoms. The zero-order valence-electron chi connectivity index (χ0n) is 5.63. The number of ketones is 1. The Morgan fingerprint density at radius 2 is 2.00 bits per heavy atom. The van der Waals surface area contributed by atoms with Crippen LogP contribution in [0.25, 0.3) is 0 Å². The molecular formula is C8H5NO2. The normalized spacial score (nSPS) is 14.5. The number of carbonyl (C=O) groups excluding carboxylic acids is 2. The van der Waals surface area contributed by atoms with Gasteiger partial charge in [0.15, 0.2) is 0 Å². The number of hydrogen-bond donors (Lipinski definition) is 1. The molecule has 0 spiro atoms. The highest BCUT2D eigenvalue weighted by molar-refractivity contribution is 6.51. The Labute approximate surface area is 63.0 Å². The van der Waals surface area contributed by atoms with Crippen molar-refractivity contribution >= 4 is 17.4 Å². The van der Waals surface area contributed by atoms with Crippen LogP contribution < -0.4 is 5.32 Å². The molecule has 1 aromatic carbocycles. The summed E-state index contributed by atoms with van der Waals surface area (Å²) in [5.41, 5.74) is 1.08. The van der Waals surface area contributed by atoms with Gasteiger partial charge in [-0.05, 0) is 12.1 Å². The smallest absolute Gasteiger partial charge is 0.296 e. The minimum Gasteiger partial charge on any atom is -0.318 e. The summed E-state index contributed by atoms with van der Waals surface area (Å²) in [6.07, 6.45) is 0. The SMILES string of the molecule is O=C1c2ccccc2N[14C]1=O. The van der Waals surface area contributed by atoms with Crippen LogP contribution >= 0.6 is 0 Å². The summed E-state index contributed by atoms with van der Waals surface area (Å²) in [6, 6.07) is 6.85. The number of benzene rings is 1. The first-order valence-electron chi connectivity index (χ1n) is 3.24. The van der Waals surface area contributed by atoms with Crippen molar-refractivity contribution in [3.8, 4) is 0 Å². The number of rotatable bonds is 0. The summed E-state index contributed by atoms with van der Waals surface area (Å²) in [5, 5.41) is 2.46. The number of Topliss-reactive ketones (excluding diaryl/α,β-unsaturated/α-hetero) is 1. The van der Waals surface area contributed by atoms with Gasteiger partial charge in [-0.2, -0.15) is 0 Å². The van der Waals surface area contributed by atoms with Crippen molar-refractivity contribution in [2.24, 2.45) is 0 Å². The summed E-state index contributed by atoms with van der Waals surface area (Å²) in [4.78, 5) is 21.8. The van der Waals surface area contributed by atoms with Gasteiger partial charge < -0.3 is 5.32 Å². The number of hydrogen-bond acceptors (Lipinski definition) is 2. The molecule has 1 N–H and O–H groups in total. The highest BCUT2D eigenvalue weighted by Gasteiger charge is 2.26. The van der Waals surface area contributed by atoms with E-state index in [4.69, 9.17) is 0 Å². The van der Waals surface area contributed by atoms with Crippen molar-refractivity contribution < 1.29 is 9.59 Å². The average molecular weight is 149 g/mol. The van der Waals surface area contributed by atoms with E-state index in [1.165, 1.54) is 0 Å². The third kappa shape index (κ3) is 0.741. The summed E-state index contributed by atoms with van der Waals surface area (Å²) < 4.78 is 0. The van der Waals surface area contributed by atoms with Gasteiger partial charge in [0.1, 0.15) is 0 Å². The van der Waals surface area contributed by atoms with Crippen LogP contribution in [-0.2, 0) is 4.79 Å². The number of fused-ring (bicyclic) bond motifs is 1. The number of carbonyl (C=O) groups is 2. The van der Waals surface area contributed by atoms with Gasteiger partial charge in [-0.3, -0.25) is 9.59 Å². The Hall–Kier alpha value is -1.64. The van der Waals surface area contributed by atoms with E-state index in [0.717, 1.165) is 0 Å². The van der Waals surface area contributed by atoms with Gasteiger partial charge in [-0.25, -0.2) is 0 Å². The third-order valence-electron chi connectivity index (χ3n) is 1.63. The predicted octanol–water partition coefficient (Wildman–Crippen LogP) is 0.821. The van der Waals surface area contributed by atoms with Crippen LogP contribution in [0.5, 0.6) is 0 Å². The molecule has 1 aliphatic heterocycles. The molecule has 0 saturated carbocycles. The van der Waals surface area contributed by atoms with E-state index in [0.29, 0.717) is 11.3 Å². The van der Waals surface area contributed by atoms with Crippen molar-refractivity contribution in [2.45, 2.75) is 0 Å². The lowest BCUT2D eigenvalue weighted by molar-refractivity contribution is -0.112. The number of amides is 1. The third-order valence-corrected chi connectivity index (χ3v) is 1.63. The Morgan fingerprint density at radius 3 is 2.73 bits per heavy atom. The second-order valence-corrected chi connectivity index (χ2v) is 2.33. The topological polar surface area (TPSA) is 46.2 Å². The Kier molecular flexibility index (Phi) is 1.06. The largest absolute Gasteiger partial charge is 0.318 e. The fourth-order valence-electron chi connectivity index (χ4n) is 1.09. The standard InChI is InChI=1S/C8H5NO2/c10-7-5-3-1-2-4-6(5)9-8(7)11/h1-4H,(H,9,10,11)/i8+2. The first kappa shape index (κ1) is 6.09. The second kappa shape index (κ2) is 1.92. The molecule has 0 unspecified atom stereocenters. The van der Waals surface area contributed by atoms with Crippen molar-refractivity contribution in [1.29, 1.82) is 0 Å². The second-order valence-electron chi connectivity index (χ2n) is 2.33. The first-order chi connectivity index (χ1) is 5.29. The fraction of sp³-hybridized carbons (Fsp3) is 0. The highest BCUT2D eigenvalue weighted by Crippen LogP contribution is 2.21. The maximum absolute atomic E-state index is 11.0. The van der Waals surface area contributed by atoms with Crippen LogP contribution in [0.3, 0.4) is 0 Å². The average Bonchev–Trinajstić information content (AvgIpc) is 2.30. The summed E-state index contributed by atoms with van der Waals surface area (Å²) >= 11 is 0. The van der Waals surface area contributed by atoms with Gasteiger partial charge in [-0.15, -0.1) is 0 Å². The van der Waals surface area contributed by atoms with Crippen molar-refractivity contribution in [1.82, 2.24) is 0 Å². The predicted molar refractivity (Wildman–Crippen MR) is 39.4 cm³/mol. The minimum absolute atomic E-state index is 0.444. The lowest BCUT2D eigenvalue weighted by Crippen LogP contribution is -2.12. The Bertz CT molecular complexity index is 344. The maximum atomic E-state index is 11.0. The van der Waals surface area contributed by atoms with Crippen LogP contribution in [0.15, 0.2) is 24.3 Å². The summed E-state index contributed by atoms with van der Waals surface area (Å²) in [6.45, 7) is 0. The van der Waals surface area contributed by atoms with E-state index in [2.05, 4.69) is 5.32 Å². The van der Waals surface area contributed by atoms with E-state index in [9.17, 15) is 9.59 Å². The van der Waals surface area contributed by atoms with E-state index < -0.39 is 11.7 Å². The lowest BCUT2D eigenvalue weighted by atomic mass is 10.2. The van der Waals surface area contributed by atoms with Crippen LogP contribution in [0, 0.1) is 0 Å². The molecule has 3 nitrogen and oxygen atoms in total. The molecule has 0 aliphatic carbocycles. The quantitative estimate of drug-likeness (QED) is 0.555. The molecule has 1 aromatic rings. The zero-order valence-corrected chi connectivity index (χ0v) is 5.63. The van der Waals surface area contributed by atoms with Crippen molar-refractivity contribution in [3.05, 3.63) is 29.8 Å². The first-order valence-corrected chi connectivity index (χ1v) is 3.24. The maximum Gasteiger partial charge on any atom is 0.296 e. The molecule has 11 heavy (non-hydrogen) atoms. The van der Waals surface area contributed by atoms with Gasteiger partial charge in [0.05, 0.1) is 11.3 Å². The molecule has 1 heterocycles. The molecule has 0 radical (unpaired) electrons. The van der Waals surface area contributed by atoms with E-state index in [1.807, 2.05) is 0 Å². The van der Waals surface area contributed by atoms with Gasteiger partial charge in [-0.1, -0.05) is 12.1 Å². The van der Waals surface area contributed by atoms with Crippen molar-refractivity contribution in [2.75, 3.05) is 5.32 Å². The van der Waals surface area contributed by atoms with Gasteiger partial charge in [0.2, 0.25) is 0 Å². The molecule has 1 aliphatic rings. The van der Waals surface area contributed by atoms with E-state index in [-0.39, 0.29) is 0 Å². The molecule has 0 fully saturated rings. The Balaban J connectivity index is 2.64. The minimum atomic E-state index is -0.536. The summed E-state index contributed by atoms with van der Waals surface area (Å²) in [7, 11) is 0. The summed E-state index contributed by atoms with van der Waals surface area (Å²) in [5.74, 6) is -0.980. The van der Waals surface area contributed by atoms with Crippen LogP contribution in [0.4, 0.5) is 5.69 Å². The van der Waals surface area contributed by atoms with Gasteiger partial charge in [0.25, 0.3) is 11.7 Å². The van der Waals surface area contributed by atoms with Crippen LogP contribution in [-0.4, -0.2) is 11.7 Å². The molecule has 0 atom stereocenters. The highest BCUT2D eigenvalue weighted by atomic mass is 16.3. The molecule has 54 valence electrons. The van der Waals surface area contributed by atoms with Gasteiger partial charge in [0, 0.05) is 0 Å². The lowest BCUT2D eigenvalue weighted by Gasteiger charge is -1.91. The number of anilines is 1. The molecule has 2 rings (SSSR count).